The number of alkyl halides is 1. The Labute approximate surface area is 120 Å². The van der Waals surface area contributed by atoms with Gasteiger partial charge in [-0.3, -0.25) is 4.79 Å². The Hall–Kier alpha value is -0.970. The molecule has 5 heteroatoms. The monoisotopic (exact) mass is 333 g/mol. The second-order valence-electron chi connectivity index (χ2n) is 4.94. The van der Waals surface area contributed by atoms with E-state index in [0.29, 0.717) is 5.56 Å². The summed E-state index contributed by atoms with van der Waals surface area (Å²) < 4.78 is 26.1. The van der Waals surface area contributed by atoms with Crippen LogP contribution in [-0.2, 0) is 4.79 Å². The Bertz CT molecular complexity index is 465. The Balaban J connectivity index is 2.90. The van der Waals surface area contributed by atoms with E-state index in [2.05, 4.69) is 15.9 Å². The molecule has 0 radical (unpaired) electrons. The van der Waals surface area contributed by atoms with Crippen LogP contribution in [0, 0.1) is 17.6 Å². The molecule has 1 rings (SSSR count). The maximum Gasteiger partial charge on any atom is 0.236 e. The summed E-state index contributed by atoms with van der Waals surface area (Å²) in [5, 5.41) is 0. The molecule has 2 nitrogen and oxygen atoms in total. The maximum atomic E-state index is 13.2. The lowest BCUT2D eigenvalue weighted by Gasteiger charge is -2.28. The molecular weight excluding hydrogens is 316 g/mol. The normalized spacial score (nSPS) is 14.3. The highest BCUT2D eigenvalue weighted by molar-refractivity contribution is 9.10. The van der Waals surface area contributed by atoms with Crippen LogP contribution in [0.3, 0.4) is 0 Å². The predicted octanol–water partition coefficient (Wildman–Crippen LogP) is 3.90. The molecule has 0 saturated heterocycles. The molecule has 0 saturated carbocycles. The van der Waals surface area contributed by atoms with E-state index in [-0.39, 0.29) is 22.7 Å². The molecule has 1 aromatic rings. The number of amides is 1. The van der Waals surface area contributed by atoms with Crippen LogP contribution < -0.4 is 0 Å². The van der Waals surface area contributed by atoms with Crippen molar-refractivity contribution in [2.45, 2.75) is 31.6 Å². The van der Waals surface area contributed by atoms with Crippen LogP contribution in [-0.4, -0.2) is 22.7 Å². The van der Waals surface area contributed by atoms with E-state index in [0.717, 1.165) is 12.1 Å². The van der Waals surface area contributed by atoms with Crippen molar-refractivity contribution in [1.29, 1.82) is 0 Å². The lowest BCUT2D eigenvalue weighted by molar-refractivity contribution is -0.131. The molecule has 0 fully saturated rings. The zero-order valence-electron chi connectivity index (χ0n) is 11.5. The highest BCUT2D eigenvalue weighted by Crippen LogP contribution is 2.24. The molecule has 0 spiro atoms. The second kappa shape index (κ2) is 6.46. The summed E-state index contributed by atoms with van der Waals surface area (Å²) >= 11 is 3.35. The van der Waals surface area contributed by atoms with Crippen LogP contribution in [0.25, 0.3) is 0 Å². The van der Waals surface area contributed by atoms with Crippen molar-refractivity contribution >= 4 is 21.8 Å². The molecule has 1 aromatic carbocycles. The number of halogens is 3. The van der Waals surface area contributed by atoms with Crippen molar-refractivity contribution in [2.24, 2.45) is 5.92 Å². The molecular formula is C14H18BrF2NO. The predicted molar refractivity (Wildman–Crippen MR) is 75.1 cm³/mol. The molecule has 0 aromatic heterocycles. The summed E-state index contributed by atoms with van der Waals surface area (Å²) in [7, 11) is 1.66. The highest BCUT2D eigenvalue weighted by Gasteiger charge is 2.26. The molecule has 19 heavy (non-hydrogen) atoms. The van der Waals surface area contributed by atoms with E-state index in [1.165, 1.54) is 11.0 Å². The fourth-order valence-corrected chi connectivity index (χ4v) is 1.99. The minimum atomic E-state index is -0.899. The summed E-state index contributed by atoms with van der Waals surface area (Å²) in [6.45, 7) is 5.66. The van der Waals surface area contributed by atoms with Gasteiger partial charge in [-0.15, -0.1) is 0 Å². The SMILES string of the molecule is CC(C)C(Br)C(=O)N(C)C(C)c1ccc(F)c(F)c1. The zero-order chi connectivity index (χ0) is 14.7. The summed E-state index contributed by atoms with van der Waals surface area (Å²) in [5.74, 6) is -1.70. The molecule has 0 aliphatic carbocycles. The Morgan fingerprint density at radius 1 is 1.21 bits per heavy atom. The lowest BCUT2D eigenvalue weighted by atomic mass is 10.0. The van der Waals surface area contributed by atoms with Gasteiger partial charge in [0, 0.05) is 7.05 Å². The molecule has 1 amide bonds. The quantitative estimate of drug-likeness (QED) is 0.765. The lowest BCUT2D eigenvalue weighted by Crippen LogP contribution is -2.37. The summed E-state index contributed by atoms with van der Waals surface area (Å²) in [5.41, 5.74) is 0.568. The largest absolute Gasteiger partial charge is 0.338 e. The van der Waals surface area contributed by atoms with Crippen LogP contribution in [0.2, 0.25) is 0 Å². The van der Waals surface area contributed by atoms with Gasteiger partial charge in [0.1, 0.15) is 0 Å². The number of carbonyl (C=O) groups excluding carboxylic acids is 1. The number of hydrogen-bond acceptors (Lipinski definition) is 1. The van der Waals surface area contributed by atoms with Gasteiger partial charge in [-0.05, 0) is 30.5 Å². The summed E-state index contributed by atoms with van der Waals surface area (Å²) in [6.07, 6.45) is 0. The van der Waals surface area contributed by atoms with Crippen LogP contribution >= 0.6 is 15.9 Å². The van der Waals surface area contributed by atoms with Gasteiger partial charge in [0.15, 0.2) is 11.6 Å². The van der Waals surface area contributed by atoms with Crippen LogP contribution in [0.15, 0.2) is 18.2 Å². The van der Waals surface area contributed by atoms with Crippen molar-refractivity contribution in [2.75, 3.05) is 7.05 Å². The smallest absolute Gasteiger partial charge is 0.236 e. The third-order valence-corrected chi connectivity index (χ3v) is 4.62. The van der Waals surface area contributed by atoms with Crippen molar-refractivity contribution in [1.82, 2.24) is 4.90 Å². The maximum absolute atomic E-state index is 13.2. The van der Waals surface area contributed by atoms with Gasteiger partial charge >= 0.3 is 0 Å². The topological polar surface area (TPSA) is 20.3 Å². The first kappa shape index (κ1) is 16.1. The average molecular weight is 334 g/mol. The number of nitrogens with zero attached hydrogens (tertiary/aromatic N) is 1. The number of rotatable bonds is 4. The Kier molecular flexibility index (Phi) is 5.47. The molecule has 0 aliphatic heterocycles. The first-order valence-corrected chi connectivity index (χ1v) is 7.03. The molecule has 0 N–H and O–H groups in total. The van der Waals surface area contributed by atoms with Crippen LogP contribution in [0.1, 0.15) is 32.4 Å². The molecule has 2 unspecified atom stereocenters. The molecule has 0 heterocycles. The van der Waals surface area contributed by atoms with Gasteiger partial charge < -0.3 is 4.90 Å². The van der Waals surface area contributed by atoms with Crippen molar-refractivity contribution < 1.29 is 13.6 Å². The summed E-state index contributed by atoms with van der Waals surface area (Å²) in [4.78, 5) is 13.4. The third kappa shape index (κ3) is 3.75. The van der Waals surface area contributed by atoms with E-state index >= 15 is 0 Å². The first-order valence-electron chi connectivity index (χ1n) is 6.11. The summed E-state index contributed by atoms with van der Waals surface area (Å²) in [6, 6.07) is 3.38. The minimum Gasteiger partial charge on any atom is -0.338 e. The van der Waals surface area contributed by atoms with Crippen molar-refractivity contribution in [3.63, 3.8) is 0 Å². The number of carbonyl (C=O) groups is 1. The second-order valence-corrected chi connectivity index (χ2v) is 5.93. The first-order chi connectivity index (χ1) is 8.75. The molecule has 106 valence electrons. The van der Waals surface area contributed by atoms with Gasteiger partial charge in [-0.2, -0.15) is 0 Å². The number of hydrogen-bond donors (Lipinski definition) is 0. The van der Waals surface area contributed by atoms with E-state index < -0.39 is 11.6 Å². The molecule has 0 bridgehead atoms. The van der Waals surface area contributed by atoms with Gasteiger partial charge in [-0.25, -0.2) is 8.78 Å². The average Bonchev–Trinajstić information content (AvgIpc) is 2.38. The fraction of sp³-hybridized carbons (Fsp3) is 0.500. The van der Waals surface area contributed by atoms with E-state index in [1.807, 2.05) is 13.8 Å². The number of benzene rings is 1. The van der Waals surface area contributed by atoms with E-state index in [1.54, 1.807) is 14.0 Å². The third-order valence-electron chi connectivity index (χ3n) is 3.18. The highest BCUT2D eigenvalue weighted by atomic mass is 79.9. The van der Waals surface area contributed by atoms with Gasteiger partial charge in [0.05, 0.1) is 10.9 Å². The van der Waals surface area contributed by atoms with Gasteiger partial charge in [0.2, 0.25) is 5.91 Å². The zero-order valence-corrected chi connectivity index (χ0v) is 13.0. The minimum absolute atomic E-state index is 0.0766. The van der Waals surface area contributed by atoms with Crippen molar-refractivity contribution in [3.8, 4) is 0 Å². The van der Waals surface area contributed by atoms with E-state index in [9.17, 15) is 13.6 Å². The van der Waals surface area contributed by atoms with Gasteiger partial charge in [0.25, 0.3) is 0 Å². The van der Waals surface area contributed by atoms with Gasteiger partial charge in [-0.1, -0.05) is 35.8 Å². The van der Waals surface area contributed by atoms with Crippen molar-refractivity contribution in [3.05, 3.63) is 35.4 Å². The standard InChI is InChI=1S/C14H18BrF2NO/c1-8(2)13(15)14(19)18(4)9(3)10-5-6-11(16)12(17)7-10/h5-9,13H,1-4H3. The van der Waals surface area contributed by atoms with Crippen LogP contribution in [0.5, 0.6) is 0 Å². The molecule has 2 atom stereocenters. The fourth-order valence-electron chi connectivity index (χ4n) is 1.67. The van der Waals surface area contributed by atoms with Crippen LogP contribution in [0.4, 0.5) is 8.78 Å². The Morgan fingerprint density at radius 2 is 1.79 bits per heavy atom. The Morgan fingerprint density at radius 3 is 2.26 bits per heavy atom. The molecule has 0 aliphatic rings. The van der Waals surface area contributed by atoms with E-state index in [4.69, 9.17) is 0 Å².